The average molecular weight is 411 g/mol. The maximum absolute atomic E-state index is 3.02. The number of hydrogen-bond donors (Lipinski definition) is 0. The van der Waals surface area contributed by atoms with Crippen LogP contribution in [0.5, 0.6) is 0 Å². The molecule has 0 saturated heterocycles. The zero-order valence-electron chi connectivity index (χ0n) is 18.7. The molecule has 0 aliphatic heterocycles. The number of hydrogen-bond acceptors (Lipinski definition) is 2. The summed E-state index contributed by atoms with van der Waals surface area (Å²) < 4.78 is 0. The lowest BCUT2D eigenvalue weighted by molar-refractivity contribution is 0.498. The Bertz CT molecular complexity index is 633. The molecule has 0 N–H and O–H groups in total. The van der Waals surface area contributed by atoms with Crippen molar-refractivity contribution in [3.8, 4) is 0 Å². The Hall–Kier alpha value is -0.963. The van der Waals surface area contributed by atoms with Crippen molar-refractivity contribution in [2.45, 2.75) is 127 Å². The lowest BCUT2D eigenvalue weighted by Crippen LogP contribution is -2.47. The van der Waals surface area contributed by atoms with Crippen molar-refractivity contribution in [2.24, 2.45) is 0 Å². The second-order valence-electron chi connectivity index (χ2n) is 10.5. The first kappa shape index (κ1) is 20.0. The molecule has 0 amide bonds. The van der Waals surface area contributed by atoms with Crippen LogP contribution in [0.4, 0.5) is 11.4 Å². The first-order valence-corrected chi connectivity index (χ1v) is 14.0. The molecule has 4 aliphatic rings. The molecule has 4 saturated carbocycles. The summed E-state index contributed by atoms with van der Waals surface area (Å²) in [4.78, 5) is 6.02. The fraction of sp³-hybridized carbons (Fsp3) is 0.769. The molecule has 5 rings (SSSR count). The lowest BCUT2D eigenvalue weighted by Gasteiger charge is -2.44. The molecule has 0 atom stereocenters. The van der Waals surface area contributed by atoms with Gasteiger partial charge in [0.25, 0.3) is 0 Å². The Balaban J connectivity index is 1.58. The van der Waals surface area contributed by atoms with E-state index in [1.807, 2.05) is 0 Å². The molecular formula is C26H42N2Si. The molecule has 2 nitrogen and oxygen atoms in total. The van der Waals surface area contributed by atoms with Crippen molar-refractivity contribution >= 4 is 26.8 Å². The number of rotatable bonds is 6. The molecule has 3 heteroatoms. The van der Waals surface area contributed by atoms with Gasteiger partial charge in [0.15, 0.2) is 0 Å². The van der Waals surface area contributed by atoms with E-state index in [0.29, 0.717) is 0 Å². The lowest BCUT2D eigenvalue weighted by atomic mass is 10.0. The fourth-order valence-corrected chi connectivity index (χ4v) is 7.98. The maximum atomic E-state index is 3.02. The summed E-state index contributed by atoms with van der Waals surface area (Å²) in [5, 5.41) is 1.67. The van der Waals surface area contributed by atoms with Crippen molar-refractivity contribution in [3.63, 3.8) is 0 Å². The summed E-state index contributed by atoms with van der Waals surface area (Å²) in [5.74, 6) is 0. The molecule has 0 unspecified atom stereocenters. The number of para-hydroxylation sites is 1. The van der Waals surface area contributed by atoms with Gasteiger partial charge in [-0.3, -0.25) is 0 Å². The van der Waals surface area contributed by atoms with Crippen LogP contribution in [-0.4, -0.2) is 34.4 Å². The number of anilines is 2. The zero-order valence-corrected chi connectivity index (χ0v) is 20.7. The van der Waals surface area contributed by atoms with E-state index in [-0.39, 0.29) is 0 Å². The highest BCUT2D eigenvalue weighted by molar-refractivity contribution is 6.37. The van der Waals surface area contributed by atoms with Gasteiger partial charge in [0.05, 0.1) is 11.4 Å². The molecule has 4 aliphatic carbocycles. The van der Waals surface area contributed by atoms with Gasteiger partial charge in [-0.2, -0.15) is 0 Å². The van der Waals surface area contributed by atoms with E-state index in [1.54, 1.807) is 16.6 Å². The molecule has 4 fully saturated rings. The molecule has 1 aromatic carbocycles. The Labute approximate surface area is 181 Å². The van der Waals surface area contributed by atoms with Gasteiger partial charge in [-0.05, 0) is 62.6 Å². The van der Waals surface area contributed by atoms with Gasteiger partial charge in [-0.25, -0.2) is 0 Å². The van der Waals surface area contributed by atoms with Crippen LogP contribution >= 0.6 is 0 Å². The third-order valence-electron chi connectivity index (χ3n) is 8.63. The van der Waals surface area contributed by atoms with Crippen molar-refractivity contribution in [1.29, 1.82) is 0 Å². The van der Waals surface area contributed by atoms with E-state index in [1.165, 1.54) is 113 Å². The van der Waals surface area contributed by atoms with Gasteiger partial charge in [-0.1, -0.05) is 63.5 Å². The summed E-state index contributed by atoms with van der Waals surface area (Å²) >= 11 is 0. The quantitative estimate of drug-likeness (QED) is 0.605. The van der Waals surface area contributed by atoms with Gasteiger partial charge < -0.3 is 9.80 Å². The minimum absolute atomic E-state index is 0.800. The van der Waals surface area contributed by atoms with Gasteiger partial charge in [-0.15, -0.1) is 0 Å². The molecule has 1 aromatic rings. The maximum Gasteiger partial charge on any atom is 0.0607 e. The van der Waals surface area contributed by atoms with E-state index in [0.717, 1.165) is 24.2 Å². The van der Waals surface area contributed by atoms with Crippen LogP contribution in [0.15, 0.2) is 18.2 Å². The van der Waals surface area contributed by atoms with Crippen LogP contribution in [0.1, 0.15) is 103 Å². The molecule has 0 radical (unpaired) electrons. The predicted octanol–water partition coefficient (Wildman–Crippen LogP) is 5.06. The summed E-state index contributed by atoms with van der Waals surface area (Å²) in [6.45, 7) is 0. The minimum atomic E-state index is 0.800. The van der Waals surface area contributed by atoms with Crippen molar-refractivity contribution in [3.05, 3.63) is 18.2 Å². The van der Waals surface area contributed by atoms with E-state index in [9.17, 15) is 0 Å². The Morgan fingerprint density at radius 3 is 1.34 bits per heavy atom. The Morgan fingerprint density at radius 2 is 0.931 bits per heavy atom. The summed E-state index contributed by atoms with van der Waals surface area (Å²) in [5.41, 5.74) is 3.35. The highest BCUT2D eigenvalue weighted by Gasteiger charge is 2.37. The molecule has 0 aromatic heterocycles. The molecule has 0 bridgehead atoms. The Morgan fingerprint density at radius 1 is 0.552 bits per heavy atom. The molecule has 160 valence electrons. The monoisotopic (exact) mass is 410 g/mol. The van der Waals surface area contributed by atoms with Gasteiger partial charge in [0, 0.05) is 34.4 Å². The largest absolute Gasteiger partial charge is 0.364 e. The first-order chi connectivity index (χ1) is 14.3. The minimum Gasteiger partial charge on any atom is -0.364 e. The second-order valence-corrected chi connectivity index (χ2v) is 11.6. The average Bonchev–Trinajstić information content (AvgIpc) is 3.54. The first-order valence-electron chi connectivity index (χ1n) is 13.0. The van der Waals surface area contributed by atoms with Crippen LogP contribution < -0.4 is 15.0 Å². The van der Waals surface area contributed by atoms with Crippen molar-refractivity contribution in [2.75, 3.05) is 9.80 Å². The van der Waals surface area contributed by atoms with E-state index < -0.39 is 0 Å². The second kappa shape index (κ2) is 9.04. The molecular weight excluding hydrogens is 368 g/mol. The predicted molar refractivity (Wildman–Crippen MR) is 130 cm³/mol. The van der Waals surface area contributed by atoms with E-state index in [2.05, 4.69) is 28.0 Å². The van der Waals surface area contributed by atoms with Gasteiger partial charge >= 0.3 is 0 Å². The van der Waals surface area contributed by atoms with Crippen LogP contribution in [0.3, 0.4) is 0 Å². The van der Waals surface area contributed by atoms with Crippen molar-refractivity contribution < 1.29 is 0 Å². The molecule has 29 heavy (non-hydrogen) atoms. The van der Waals surface area contributed by atoms with Crippen LogP contribution in [0.25, 0.3) is 0 Å². The van der Waals surface area contributed by atoms with Crippen LogP contribution in [-0.2, 0) is 0 Å². The van der Waals surface area contributed by atoms with Crippen LogP contribution in [0, 0.1) is 0 Å². The summed E-state index contributed by atoms with van der Waals surface area (Å²) in [6.07, 6.45) is 23.0. The van der Waals surface area contributed by atoms with E-state index in [4.69, 9.17) is 0 Å². The topological polar surface area (TPSA) is 6.48 Å². The zero-order chi connectivity index (χ0) is 19.6. The fourth-order valence-electron chi connectivity index (χ4n) is 7.27. The number of nitrogens with zero attached hydrogens (tertiary/aromatic N) is 2. The van der Waals surface area contributed by atoms with Gasteiger partial charge in [0.2, 0.25) is 0 Å². The third-order valence-corrected chi connectivity index (χ3v) is 9.43. The Kier molecular flexibility index (Phi) is 6.22. The molecule has 0 heterocycles. The van der Waals surface area contributed by atoms with E-state index >= 15 is 0 Å². The van der Waals surface area contributed by atoms with Crippen LogP contribution in [0.2, 0.25) is 0 Å². The van der Waals surface area contributed by atoms with Crippen molar-refractivity contribution in [1.82, 2.24) is 0 Å². The number of benzene rings is 1. The normalized spacial score (nSPS) is 24.8. The summed E-state index contributed by atoms with van der Waals surface area (Å²) in [7, 11) is 1.17. The standard InChI is InChI=1S/C26H42N2Si/c29-25-19-9-18-24(27(20-10-1-2-11-20)21-12-3-4-13-21)26(25)28(22-14-5-6-15-22)23-16-7-8-17-23/h9,18-23H,1-8,10-17H2,29H3. The smallest absolute Gasteiger partial charge is 0.0607 e. The summed E-state index contributed by atoms with van der Waals surface area (Å²) in [6, 6.07) is 10.6. The van der Waals surface area contributed by atoms with Gasteiger partial charge in [0.1, 0.15) is 0 Å². The highest BCUT2D eigenvalue weighted by atomic mass is 28.1. The highest BCUT2D eigenvalue weighted by Crippen LogP contribution is 2.43. The third kappa shape index (κ3) is 4.01. The molecule has 0 spiro atoms. The SMILES string of the molecule is [SiH3]c1cccc(N(C2CCCC2)C2CCCC2)c1N(C1CCCC1)C1CCCC1.